The van der Waals surface area contributed by atoms with Crippen molar-refractivity contribution in [3.05, 3.63) is 52.8 Å². The number of amides is 3. The summed E-state index contributed by atoms with van der Waals surface area (Å²) in [6.45, 7) is 2.57. The van der Waals surface area contributed by atoms with Crippen molar-refractivity contribution in [1.29, 1.82) is 0 Å². The lowest BCUT2D eigenvalue weighted by atomic mass is 9.98. The summed E-state index contributed by atoms with van der Waals surface area (Å²) in [5.74, 6) is -0.586. The fourth-order valence-electron chi connectivity index (χ4n) is 5.09. The van der Waals surface area contributed by atoms with Gasteiger partial charge in [0.1, 0.15) is 6.04 Å². The van der Waals surface area contributed by atoms with Gasteiger partial charge in [-0.2, -0.15) is 5.10 Å². The molecule has 31 heavy (non-hydrogen) atoms. The van der Waals surface area contributed by atoms with E-state index in [1.54, 1.807) is 9.58 Å². The Morgan fingerprint density at radius 2 is 2.06 bits per heavy atom. The van der Waals surface area contributed by atoms with Gasteiger partial charge in [0, 0.05) is 63.4 Å². The maximum Gasteiger partial charge on any atom is 0.255 e. The highest BCUT2D eigenvalue weighted by atomic mass is 16.2. The van der Waals surface area contributed by atoms with Crippen molar-refractivity contribution in [2.45, 2.75) is 43.9 Å². The van der Waals surface area contributed by atoms with Crippen LogP contribution in [0.2, 0.25) is 0 Å². The smallest absolute Gasteiger partial charge is 0.255 e. The van der Waals surface area contributed by atoms with Crippen molar-refractivity contribution in [3.63, 3.8) is 0 Å². The number of nitrogens with two attached hydrogens (primary N) is 1. The van der Waals surface area contributed by atoms with Gasteiger partial charge in [0.25, 0.3) is 5.91 Å². The second-order valence-corrected chi connectivity index (χ2v) is 8.76. The van der Waals surface area contributed by atoms with Crippen molar-refractivity contribution in [3.8, 4) is 0 Å². The van der Waals surface area contributed by atoms with E-state index in [1.165, 1.54) is 0 Å². The van der Waals surface area contributed by atoms with E-state index >= 15 is 0 Å². The number of aryl methyl sites for hydroxylation is 1. The van der Waals surface area contributed by atoms with Crippen LogP contribution in [0.5, 0.6) is 0 Å². The van der Waals surface area contributed by atoms with E-state index in [2.05, 4.69) is 15.3 Å². The molecule has 1 aromatic carbocycles. The molecule has 4 heterocycles. The van der Waals surface area contributed by atoms with Gasteiger partial charge in [-0.05, 0) is 23.1 Å². The van der Waals surface area contributed by atoms with Crippen molar-refractivity contribution in [2.24, 2.45) is 12.8 Å². The number of imide groups is 1. The summed E-state index contributed by atoms with van der Waals surface area (Å²) in [5.41, 5.74) is 10.1. The van der Waals surface area contributed by atoms with Crippen LogP contribution in [0.15, 0.2) is 30.6 Å². The number of likely N-dealkylation sites (tertiary alicyclic amines) is 1. The molecule has 2 aromatic rings. The highest BCUT2D eigenvalue weighted by Crippen LogP contribution is 2.32. The first-order chi connectivity index (χ1) is 14.9. The maximum absolute atomic E-state index is 13.3. The summed E-state index contributed by atoms with van der Waals surface area (Å²) in [6, 6.07) is 5.30. The molecule has 0 aliphatic carbocycles. The van der Waals surface area contributed by atoms with Gasteiger partial charge in [0.05, 0.1) is 6.20 Å². The lowest BCUT2D eigenvalue weighted by molar-refractivity contribution is -0.136. The highest BCUT2D eigenvalue weighted by Gasteiger charge is 2.40. The molecule has 1 aromatic heterocycles. The Bertz CT molecular complexity index is 1060. The first-order valence-electron chi connectivity index (χ1n) is 10.6. The van der Waals surface area contributed by atoms with Gasteiger partial charge in [-0.15, -0.1) is 0 Å². The van der Waals surface area contributed by atoms with Crippen LogP contribution >= 0.6 is 0 Å². The number of piperidine rings is 1. The van der Waals surface area contributed by atoms with Crippen LogP contribution in [-0.2, 0) is 29.7 Å². The summed E-state index contributed by atoms with van der Waals surface area (Å²) in [5, 5.41) is 6.62. The van der Waals surface area contributed by atoms with E-state index in [0.29, 0.717) is 25.1 Å². The predicted molar refractivity (Wildman–Crippen MR) is 112 cm³/mol. The number of nitrogens with one attached hydrogen (secondary N) is 1. The van der Waals surface area contributed by atoms with E-state index in [-0.39, 0.29) is 36.1 Å². The Kier molecular flexibility index (Phi) is 4.86. The summed E-state index contributed by atoms with van der Waals surface area (Å²) in [6.07, 6.45) is 4.50. The second kappa shape index (κ2) is 7.58. The van der Waals surface area contributed by atoms with Crippen LogP contribution < -0.4 is 11.1 Å². The van der Waals surface area contributed by atoms with E-state index in [4.69, 9.17) is 5.73 Å². The van der Waals surface area contributed by atoms with Gasteiger partial charge in [0.2, 0.25) is 11.8 Å². The van der Waals surface area contributed by atoms with Crippen molar-refractivity contribution < 1.29 is 14.4 Å². The molecule has 3 atom stereocenters. The molecule has 1 unspecified atom stereocenters. The Morgan fingerprint density at radius 1 is 1.23 bits per heavy atom. The molecule has 5 rings (SSSR count). The Hall–Kier alpha value is -3.04. The monoisotopic (exact) mass is 422 g/mol. The van der Waals surface area contributed by atoms with E-state index < -0.39 is 6.04 Å². The molecular formula is C22H26N6O3. The molecule has 0 radical (unpaired) electrons. The zero-order chi connectivity index (χ0) is 21.7. The van der Waals surface area contributed by atoms with Gasteiger partial charge < -0.3 is 10.6 Å². The fourth-order valence-corrected chi connectivity index (χ4v) is 5.09. The quantitative estimate of drug-likeness (QED) is 0.676. The standard InChI is InChI=1S/C22H26N6O3/c1-26-8-15(7-24-26)16-11-27(12-17(16)23)9-13-3-2-4-14-10-28(22(31)20(13)14)18-5-6-19(29)25-21(18)30/h2-4,7-8,16-18H,5-6,9-12,23H2,1H3,(H,25,29,30)/t16-,17+,18?/m0/s1. The number of hydrogen-bond donors (Lipinski definition) is 2. The van der Waals surface area contributed by atoms with Gasteiger partial charge >= 0.3 is 0 Å². The Labute approximate surface area is 180 Å². The molecule has 9 nitrogen and oxygen atoms in total. The molecule has 9 heteroatoms. The van der Waals surface area contributed by atoms with Crippen LogP contribution in [0.1, 0.15) is 45.8 Å². The van der Waals surface area contributed by atoms with Crippen LogP contribution in [-0.4, -0.2) is 62.5 Å². The average Bonchev–Trinajstić information content (AvgIpc) is 3.40. The molecule has 3 aliphatic rings. The Balaban J connectivity index is 1.34. The minimum absolute atomic E-state index is 0.0108. The molecule has 3 N–H and O–H groups in total. The summed E-state index contributed by atoms with van der Waals surface area (Å²) < 4.78 is 1.79. The van der Waals surface area contributed by atoms with Gasteiger partial charge in [-0.1, -0.05) is 18.2 Å². The molecule has 162 valence electrons. The third kappa shape index (κ3) is 3.53. The largest absolute Gasteiger partial charge is 0.326 e. The summed E-state index contributed by atoms with van der Waals surface area (Å²) in [4.78, 5) is 40.9. The third-order valence-electron chi connectivity index (χ3n) is 6.63. The number of benzene rings is 1. The number of hydrogen-bond acceptors (Lipinski definition) is 6. The van der Waals surface area contributed by atoms with Gasteiger partial charge in [-0.3, -0.25) is 29.3 Å². The van der Waals surface area contributed by atoms with Gasteiger partial charge in [-0.25, -0.2) is 0 Å². The van der Waals surface area contributed by atoms with E-state index in [0.717, 1.165) is 29.8 Å². The first kappa shape index (κ1) is 19.9. The molecule has 2 saturated heterocycles. The fraction of sp³-hybridized carbons (Fsp3) is 0.455. The third-order valence-corrected chi connectivity index (χ3v) is 6.63. The number of rotatable bonds is 4. The lowest BCUT2D eigenvalue weighted by Crippen LogP contribution is -2.52. The molecule has 3 amide bonds. The first-order valence-corrected chi connectivity index (χ1v) is 10.6. The molecule has 3 aliphatic heterocycles. The average molecular weight is 422 g/mol. The number of carbonyl (C=O) groups is 3. The minimum Gasteiger partial charge on any atom is -0.326 e. The normalized spacial score (nSPS) is 26.5. The van der Waals surface area contributed by atoms with Crippen LogP contribution in [0.3, 0.4) is 0 Å². The molecular weight excluding hydrogens is 396 g/mol. The number of aromatic nitrogens is 2. The Morgan fingerprint density at radius 3 is 2.81 bits per heavy atom. The van der Waals surface area contributed by atoms with Crippen molar-refractivity contribution >= 4 is 17.7 Å². The second-order valence-electron chi connectivity index (χ2n) is 8.76. The zero-order valence-corrected chi connectivity index (χ0v) is 17.5. The molecule has 0 bridgehead atoms. The van der Waals surface area contributed by atoms with Crippen LogP contribution in [0.25, 0.3) is 0 Å². The lowest BCUT2D eigenvalue weighted by Gasteiger charge is -2.29. The number of carbonyl (C=O) groups excluding carboxylic acids is 3. The van der Waals surface area contributed by atoms with Gasteiger partial charge in [0.15, 0.2) is 0 Å². The maximum atomic E-state index is 13.3. The zero-order valence-electron chi connectivity index (χ0n) is 17.5. The van der Waals surface area contributed by atoms with Crippen LogP contribution in [0.4, 0.5) is 0 Å². The van der Waals surface area contributed by atoms with Crippen molar-refractivity contribution in [2.75, 3.05) is 13.1 Å². The number of nitrogens with zero attached hydrogens (tertiary/aromatic N) is 4. The topological polar surface area (TPSA) is 114 Å². The SMILES string of the molecule is Cn1cc([C@@H]2CN(Cc3cccc4c3C(=O)N(C3CCC(=O)NC3=O)C4)C[C@H]2N)cn1. The predicted octanol–water partition coefficient (Wildman–Crippen LogP) is 0.108. The van der Waals surface area contributed by atoms with E-state index in [9.17, 15) is 14.4 Å². The summed E-state index contributed by atoms with van der Waals surface area (Å²) >= 11 is 0. The van der Waals surface area contributed by atoms with Crippen molar-refractivity contribution in [1.82, 2.24) is 24.9 Å². The number of fused-ring (bicyclic) bond motifs is 1. The molecule has 0 saturated carbocycles. The molecule has 0 spiro atoms. The summed E-state index contributed by atoms with van der Waals surface area (Å²) in [7, 11) is 1.90. The minimum atomic E-state index is -0.597. The van der Waals surface area contributed by atoms with E-state index in [1.807, 2.05) is 37.6 Å². The van der Waals surface area contributed by atoms with Crippen LogP contribution in [0, 0.1) is 0 Å². The molecule has 2 fully saturated rings. The highest BCUT2D eigenvalue weighted by molar-refractivity contribution is 6.06.